The van der Waals surface area contributed by atoms with Crippen LogP contribution in [-0.2, 0) is 0 Å². The molecular formula is C22H27N2O2. The van der Waals surface area contributed by atoms with Gasteiger partial charge < -0.3 is 19.3 Å². The molecule has 3 rings (SSSR count). The highest BCUT2D eigenvalue weighted by Gasteiger charge is 2.29. The van der Waals surface area contributed by atoms with Gasteiger partial charge in [-0.2, -0.15) is 0 Å². The van der Waals surface area contributed by atoms with Crippen LogP contribution in [0.1, 0.15) is 27.2 Å². The molecule has 26 heavy (non-hydrogen) atoms. The maximum atomic E-state index is 5.29. The molecule has 2 aromatic carbocycles. The average Bonchev–Trinajstić information content (AvgIpc) is 2.69. The Morgan fingerprint density at radius 3 is 1.81 bits per heavy atom. The minimum absolute atomic E-state index is 0.308. The van der Waals surface area contributed by atoms with E-state index in [1.165, 1.54) is 11.3 Å². The van der Waals surface area contributed by atoms with E-state index >= 15 is 0 Å². The fraction of sp³-hybridized carbons (Fsp3) is 0.318. The van der Waals surface area contributed by atoms with Crippen LogP contribution in [0.15, 0.2) is 59.8 Å². The van der Waals surface area contributed by atoms with Crippen LogP contribution in [0.2, 0.25) is 0 Å². The number of nitrogens with zero attached hydrogens (tertiary/aromatic N) is 2. The Hall–Kier alpha value is -2.62. The van der Waals surface area contributed by atoms with E-state index < -0.39 is 0 Å². The monoisotopic (exact) mass is 351 g/mol. The standard InChI is InChI=1S/C22H27N2O2/c1-6-22-16(2)23(18-7-11-20(25-4)12-8-18)15-24(17(22)3)19-9-13-21(26-5)14-10-19/h7-16H,6H2,1-5H3. The average molecular weight is 351 g/mol. The molecule has 1 aliphatic heterocycles. The quantitative estimate of drug-likeness (QED) is 0.737. The summed E-state index contributed by atoms with van der Waals surface area (Å²) in [5, 5.41) is 0. The number of hydrogen-bond donors (Lipinski definition) is 0. The van der Waals surface area contributed by atoms with E-state index in [1.807, 2.05) is 24.3 Å². The third-order valence-corrected chi connectivity index (χ3v) is 5.09. The fourth-order valence-electron chi connectivity index (χ4n) is 3.53. The van der Waals surface area contributed by atoms with Crippen LogP contribution in [0.3, 0.4) is 0 Å². The molecule has 1 aliphatic rings. The van der Waals surface area contributed by atoms with Crippen molar-refractivity contribution < 1.29 is 9.47 Å². The van der Waals surface area contributed by atoms with E-state index in [0.29, 0.717) is 6.04 Å². The molecular weight excluding hydrogens is 324 g/mol. The number of allylic oxidation sites excluding steroid dienone is 1. The van der Waals surface area contributed by atoms with Crippen molar-refractivity contribution in [1.29, 1.82) is 0 Å². The molecule has 0 saturated carbocycles. The van der Waals surface area contributed by atoms with Crippen molar-refractivity contribution >= 4 is 11.4 Å². The van der Waals surface area contributed by atoms with E-state index in [1.54, 1.807) is 14.2 Å². The Morgan fingerprint density at radius 1 is 0.846 bits per heavy atom. The molecule has 1 heterocycles. The fourth-order valence-corrected chi connectivity index (χ4v) is 3.53. The zero-order valence-corrected chi connectivity index (χ0v) is 16.2. The molecule has 1 atom stereocenters. The molecule has 0 amide bonds. The molecule has 1 unspecified atom stereocenters. The first-order valence-electron chi connectivity index (χ1n) is 8.99. The molecule has 0 spiro atoms. The summed E-state index contributed by atoms with van der Waals surface area (Å²) in [6.07, 6.45) is 1.01. The predicted molar refractivity (Wildman–Crippen MR) is 108 cm³/mol. The van der Waals surface area contributed by atoms with Gasteiger partial charge in [-0.3, -0.25) is 0 Å². The van der Waals surface area contributed by atoms with Gasteiger partial charge in [0.1, 0.15) is 18.2 Å². The topological polar surface area (TPSA) is 24.9 Å². The number of hydrogen-bond acceptors (Lipinski definition) is 4. The Labute approximate surface area is 156 Å². The van der Waals surface area contributed by atoms with Crippen molar-refractivity contribution in [2.75, 3.05) is 24.0 Å². The summed E-state index contributed by atoms with van der Waals surface area (Å²) < 4.78 is 10.6. The Balaban J connectivity index is 1.97. The minimum Gasteiger partial charge on any atom is -0.497 e. The van der Waals surface area contributed by atoms with Gasteiger partial charge in [-0.25, -0.2) is 0 Å². The van der Waals surface area contributed by atoms with Crippen LogP contribution < -0.4 is 19.3 Å². The number of benzene rings is 2. The van der Waals surface area contributed by atoms with Gasteiger partial charge >= 0.3 is 0 Å². The molecule has 0 aromatic heterocycles. The lowest BCUT2D eigenvalue weighted by Crippen LogP contribution is -2.44. The summed E-state index contributed by atoms with van der Waals surface area (Å²) in [6, 6.07) is 16.7. The zero-order valence-electron chi connectivity index (χ0n) is 16.2. The molecule has 0 aliphatic carbocycles. The Morgan fingerprint density at radius 2 is 1.35 bits per heavy atom. The summed E-state index contributed by atoms with van der Waals surface area (Å²) in [4.78, 5) is 4.57. The lowest BCUT2D eigenvalue weighted by Gasteiger charge is -2.44. The van der Waals surface area contributed by atoms with Crippen molar-refractivity contribution in [3.63, 3.8) is 0 Å². The second-order valence-corrected chi connectivity index (χ2v) is 6.43. The van der Waals surface area contributed by atoms with Crippen LogP contribution >= 0.6 is 0 Å². The Kier molecular flexibility index (Phi) is 5.40. The van der Waals surface area contributed by atoms with Gasteiger partial charge in [0.15, 0.2) is 0 Å². The van der Waals surface area contributed by atoms with E-state index in [2.05, 4.69) is 61.5 Å². The van der Waals surface area contributed by atoms with Crippen molar-refractivity contribution in [2.24, 2.45) is 0 Å². The normalized spacial score (nSPS) is 17.5. The van der Waals surface area contributed by atoms with Gasteiger partial charge in [-0.1, -0.05) is 6.92 Å². The van der Waals surface area contributed by atoms with Crippen LogP contribution in [0.4, 0.5) is 11.4 Å². The van der Waals surface area contributed by atoms with E-state index in [4.69, 9.17) is 9.47 Å². The van der Waals surface area contributed by atoms with Crippen molar-refractivity contribution in [1.82, 2.24) is 0 Å². The predicted octanol–water partition coefficient (Wildman–Crippen LogP) is 5.22. The second-order valence-electron chi connectivity index (χ2n) is 6.43. The minimum atomic E-state index is 0.308. The maximum absolute atomic E-state index is 5.29. The molecule has 1 radical (unpaired) electrons. The van der Waals surface area contributed by atoms with Gasteiger partial charge in [-0.05, 0) is 74.4 Å². The highest BCUT2D eigenvalue weighted by atomic mass is 16.5. The molecule has 2 aromatic rings. The van der Waals surface area contributed by atoms with Crippen molar-refractivity contribution in [2.45, 2.75) is 33.2 Å². The van der Waals surface area contributed by atoms with Crippen LogP contribution in [0.5, 0.6) is 11.5 Å². The first kappa shape index (κ1) is 18.2. The lowest BCUT2D eigenvalue weighted by molar-refractivity contribution is 0.414. The van der Waals surface area contributed by atoms with Gasteiger partial charge in [0.05, 0.1) is 20.3 Å². The summed E-state index contributed by atoms with van der Waals surface area (Å²) in [6.45, 7) is 8.86. The van der Waals surface area contributed by atoms with E-state index in [0.717, 1.165) is 29.3 Å². The summed E-state index contributed by atoms with van der Waals surface area (Å²) in [5.41, 5.74) is 4.99. The molecule has 4 heteroatoms. The molecule has 0 bridgehead atoms. The van der Waals surface area contributed by atoms with Crippen LogP contribution in [0.25, 0.3) is 0 Å². The number of anilines is 2. The van der Waals surface area contributed by atoms with Crippen LogP contribution in [0, 0.1) is 6.67 Å². The van der Waals surface area contributed by atoms with Crippen molar-refractivity contribution in [3.05, 3.63) is 66.5 Å². The van der Waals surface area contributed by atoms with E-state index in [-0.39, 0.29) is 0 Å². The number of methoxy groups -OCH3 is 2. The molecule has 0 fully saturated rings. The largest absolute Gasteiger partial charge is 0.497 e. The highest BCUT2D eigenvalue weighted by Crippen LogP contribution is 2.36. The van der Waals surface area contributed by atoms with Gasteiger partial charge in [0, 0.05) is 17.1 Å². The van der Waals surface area contributed by atoms with E-state index in [9.17, 15) is 0 Å². The summed E-state index contributed by atoms with van der Waals surface area (Å²) in [5.74, 6) is 1.73. The molecule has 137 valence electrons. The lowest BCUT2D eigenvalue weighted by atomic mass is 9.98. The summed E-state index contributed by atoms with van der Waals surface area (Å²) >= 11 is 0. The third-order valence-electron chi connectivity index (χ3n) is 5.09. The van der Waals surface area contributed by atoms with Gasteiger partial charge in [0.25, 0.3) is 0 Å². The number of rotatable bonds is 5. The SMILES string of the molecule is CCC1=C(C)N(c2ccc(OC)cc2)[CH]N(c2ccc(OC)cc2)C1C. The van der Waals surface area contributed by atoms with Gasteiger partial charge in [-0.15, -0.1) is 0 Å². The zero-order chi connectivity index (χ0) is 18.7. The molecule has 0 N–H and O–H groups in total. The number of ether oxygens (including phenoxy) is 2. The molecule has 4 nitrogen and oxygen atoms in total. The first-order chi connectivity index (χ1) is 12.6. The Bertz CT molecular complexity index is 766. The maximum Gasteiger partial charge on any atom is 0.147 e. The first-order valence-corrected chi connectivity index (χ1v) is 8.99. The van der Waals surface area contributed by atoms with Crippen molar-refractivity contribution in [3.8, 4) is 11.5 Å². The van der Waals surface area contributed by atoms with Crippen LogP contribution in [-0.4, -0.2) is 20.3 Å². The van der Waals surface area contributed by atoms with Gasteiger partial charge in [0.2, 0.25) is 0 Å². The summed E-state index contributed by atoms with van der Waals surface area (Å²) in [7, 11) is 3.38. The second kappa shape index (κ2) is 7.73. The third kappa shape index (κ3) is 3.36. The smallest absolute Gasteiger partial charge is 0.147 e. The highest BCUT2D eigenvalue weighted by molar-refractivity contribution is 5.64. The molecule has 0 saturated heterocycles.